The molecule has 2 aliphatic rings. The number of pyridine rings is 1. The van der Waals surface area contributed by atoms with Crippen LogP contribution in [0, 0.1) is 12.8 Å². The Bertz CT molecular complexity index is 604. The van der Waals surface area contributed by atoms with Gasteiger partial charge >= 0.3 is 6.03 Å². The number of carbonyl (C=O) groups is 1. The lowest BCUT2D eigenvalue weighted by molar-refractivity contribution is 0.148. The van der Waals surface area contributed by atoms with Gasteiger partial charge in [0.2, 0.25) is 0 Å². The van der Waals surface area contributed by atoms with Crippen molar-refractivity contribution >= 4 is 11.7 Å². The Kier molecular flexibility index (Phi) is 3.74. The third kappa shape index (κ3) is 2.69. The Labute approximate surface area is 124 Å². The SMILES string of the molecule is Cc1cc(=O)n(C)cc1NC(=O)N1CCCC1C1CCC1. The van der Waals surface area contributed by atoms with E-state index >= 15 is 0 Å². The van der Waals surface area contributed by atoms with Crippen LogP contribution < -0.4 is 10.9 Å². The van der Waals surface area contributed by atoms with Crippen LogP contribution in [0.2, 0.25) is 0 Å². The van der Waals surface area contributed by atoms with Gasteiger partial charge in [0, 0.05) is 31.9 Å². The van der Waals surface area contributed by atoms with Gasteiger partial charge in [-0.05, 0) is 44.1 Å². The van der Waals surface area contributed by atoms with Crippen LogP contribution in [0.3, 0.4) is 0 Å². The van der Waals surface area contributed by atoms with E-state index in [-0.39, 0.29) is 11.6 Å². The first kappa shape index (κ1) is 14.2. The summed E-state index contributed by atoms with van der Waals surface area (Å²) in [5, 5.41) is 2.98. The maximum Gasteiger partial charge on any atom is 0.322 e. The van der Waals surface area contributed by atoms with E-state index in [0.717, 1.165) is 30.6 Å². The molecule has 1 aliphatic heterocycles. The van der Waals surface area contributed by atoms with Crippen molar-refractivity contribution in [2.75, 3.05) is 11.9 Å². The molecule has 2 amide bonds. The van der Waals surface area contributed by atoms with Crippen LogP contribution in [0.5, 0.6) is 0 Å². The smallest absolute Gasteiger partial charge is 0.321 e. The molecule has 1 atom stereocenters. The molecule has 0 radical (unpaired) electrons. The number of nitrogens with zero attached hydrogens (tertiary/aromatic N) is 2. The van der Waals surface area contributed by atoms with Gasteiger partial charge in [-0.3, -0.25) is 4.79 Å². The summed E-state index contributed by atoms with van der Waals surface area (Å²) in [5.74, 6) is 0.694. The molecule has 2 heterocycles. The largest absolute Gasteiger partial charge is 0.322 e. The Morgan fingerprint density at radius 3 is 2.71 bits per heavy atom. The minimum absolute atomic E-state index is 0.0221. The quantitative estimate of drug-likeness (QED) is 0.909. The summed E-state index contributed by atoms with van der Waals surface area (Å²) >= 11 is 0. The number of amides is 2. The second-order valence-corrected chi connectivity index (χ2v) is 6.34. The van der Waals surface area contributed by atoms with Crippen molar-refractivity contribution in [3.05, 3.63) is 28.2 Å². The van der Waals surface area contributed by atoms with E-state index in [0.29, 0.717) is 12.0 Å². The number of nitrogens with one attached hydrogen (secondary N) is 1. The molecule has 1 aliphatic carbocycles. The number of hydrogen-bond donors (Lipinski definition) is 1. The monoisotopic (exact) mass is 289 g/mol. The molecule has 3 rings (SSSR count). The third-order valence-corrected chi connectivity index (χ3v) is 4.93. The summed E-state index contributed by atoms with van der Waals surface area (Å²) in [6, 6.07) is 1.95. The fourth-order valence-electron chi connectivity index (χ4n) is 3.40. The third-order valence-electron chi connectivity index (χ3n) is 4.93. The highest BCUT2D eigenvalue weighted by Crippen LogP contribution is 2.37. The molecule has 0 aromatic carbocycles. The van der Waals surface area contributed by atoms with Crippen LogP contribution in [-0.2, 0) is 7.05 Å². The first-order chi connectivity index (χ1) is 10.1. The van der Waals surface area contributed by atoms with Crippen LogP contribution in [0.15, 0.2) is 17.1 Å². The highest BCUT2D eigenvalue weighted by molar-refractivity contribution is 5.90. The van der Waals surface area contributed by atoms with Crippen molar-refractivity contribution in [1.82, 2.24) is 9.47 Å². The standard InChI is InChI=1S/C16H23N3O2/c1-11-9-15(20)18(2)10-13(11)17-16(21)19-8-4-7-14(19)12-5-3-6-12/h9-10,12,14H,3-8H2,1-2H3,(H,17,21). The number of urea groups is 1. The van der Waals surface area contributed by atoms with Crippen molar-refractivity contribution in [3.8, 4) is 0 Å². The van der Waals surface area contributed by atoms with Crippen LogP contribution in [-0.4, -0.2) is 28.1 Å². The lowest BCUT2D eigenvalue weighted by Gasteiger charge is -2.37. The van der Waals surface area contributed by atoms with E-state index in [1.165, 1.54) is 23.8 Å². The Morgan fingerprint density at radius 1 is 1.29 bits per heavy atom. The maximum absolute atomic E-state index is 12.5. The second-order valence-electron chi connectivity index (χ2n) is 6.34. The molecule has 1 unspecified atom stereocenters. The summed E-state index contributed by atoms with van der Waals surface area (Å²) < 4.78 is 1.50. The van der Waals surface area contributed by atoms with E-state index in [2.05, 4.69) is 5.32 Å². The number of hydrogen-bond acceptors (Lipinski definition) is 2. The molecular formula is C16H23N3O2. The average molecular weight is 289 g/mol. The van der Waals surface area contributed by atoms with Crippen molar-refractivity contribution in [1.29, 1.82) is 0 Å². The fraction of sp³-hybridized carbons (Fsp3) is 0.625. The lowest BCUT2D eigenvalue weighted by atomic mass is 9.79. The molecule has 0 bridgehead atoms. The Morgan fingerprint density at radius 2 is 2.05 bits per heavy atom. The van der Waals surface area contributed by atoms with Gasteiger partial charge in [0.25, 0.3) is 5.56 Å². The average Bonchev–Trinajstić information content (AvgIpc) is 2.83. The molecule has 1 saturated carbocycles. The van der Waals surface area contributed by atoms with E-state index < -0.39 is 0 Å². The normalized spacial score (nSPS) is 22.2. The predicted octanol–water partition coefficient (Wildman–Crippen LogP) is 2.49. The number of carbonyl (C=O) groups excluding carboxylic acids is 1. The van der Waals surface area contributed by atoms with Crippen LogP contribution in [0.4, 0.5) is 10.5 Å². The van der Waals surface area contributed by atoms with Gasteiger partial charge in [-0.25, -0.2) is 4.79 Å². The zero-order chi connectivity index (χ0) is 15.0. The summed E-state index contributed by atoms with van der Waals surface area (Å²) in [7, 11) is 1.70. The summed E-state index contributed by atoms with van der Waals surface area (Å²) in [5.41, 5.74) is 1.48. The van der Waals surface area contributed by atoms with Gasteiger partial charge in [0.15, 0.2) is 0 Å². The maximum atomic E-state index is 12.5. The van der Waals surface area contributed by atoms with Gasteiger partial charge in [-0.2, -0.15) is 0 Å². The highest BCUT2D eigenvalue weighted by Gasteiger charge is 2.37. The van der Waals surface area contributed by atoms with Gasteiger partial charge in [-0.1, -0.05) is 6.42 Å². The van der Waals surface area contributed by atoms with E-state index in [9.17, 15) is 9.59 Å². The van der Waals surface area contributed by atoms with Crippen LogP contribution in [0.25, 0.3) is 0 Å². The lowest BCUT2D eigenvalue weighted by Crippen LogP contribution is -2.44. The second kappa shape index (κ2) is 5.54. The molecule has 114 valence electrons. The van der Waals surface area contributed by atoms with Crippen molar-refractivity contribution < 1.29 is 4.79 Å². The molecule has 5 heteroatoms. The highest BCUT2D eigenvalue weighted by atomic mass is 16.2. The van der Waals surface area contributed by atoms with Crippen LogP contribution >= 0.6 is 0 Å². The zero-order valence-corrected chi connectivity index (χ0v) is 12.8. The molecule has 21 heavy (non-hydrogen) atoms. The molecule has 1 saturated heterocycles. The van der Waals surface area contributed by atoms with Gasteiger partial charge in [0.1, 0.15) is 0 Å². The summed E-state index contributed by atoms with van der Waals surface area (Å²) in [6.07, 6.45) is 7.74. The number of likely N-dealkylation sites (tertiary alicyclic amines) is 1. The summed E-state index contributed by atoms with van der Waals surface area (Å²) in [4.78, 5) is 26.1. The number of aryl methyl sites for hydroxylation is 2. The molecule has 5 nitrogen and oxygen atoms in total. The van der Waals surface area contributed by atoms with E-state index in [1.807, 2.05) is 11.8 Å². The Balaban J connectivity index is 1.73. The first-order valence-electron chi connectivity index (χ1n) is 7.81. The number of anilines is 1. The van der Waals surface area contributed by atoms with Crippen molar-refractivity contribution in [3.63, 3.8) is 0 Å². The number of rotatable bonds is 2. The zero-order valence-electron chi connectivity index (χ0n) is 12.8. The molecule has 1 aromatic rings. The topological polar surface area (TPSA) is 54.3 Å². The van der Waals surface area contributed by atoms with Gasteiger partial charge in [0.05, 0.1) is 5.69 Å². The van der Waals surface area contributed by atoms with E-state index in [1.54, 1.807) is 19.3 Å². The van der Waals surface area contributed by atoms with Crippen molar-refractivity contribution in [2.24, 2.45) is 13.0 Å². The first-order valence-corrected chi connectivity index (χ1v) is 7.81. The molecule has 0 spiro atoms. The molecule has 1 N–H and O–H groups in total. The fourth-order valence-corrected chi connectivity index (χ4v) is 3.40. The molecule has 1 aromatic heterocycles. The van der Waals surface area contributed by atoms with E-state index in [4.69, 9.17) is 0 Å². The van der Waals surface area contributed by atoms with Crippen LogP contribution in [0.1, 0.15) is 37.7 Å². The van der Waals surface area contributed by atoms with Gasteiger partial charge < -0.3 is 14.8 Å². The summed E-state index contributed by atoms with van der Waals surface area (Å²) in [6.45, 7) is 2.70. The Hall–Kier alpha value is -1.78. The number of aromatic nitrogens is 1. The minimum atomic E-state index is -0.0565. The molecule has 2 fully saturated rings. The van der Waals surface area contributed by atoms with Gasteiger partial charge in [-0.15, -0.1) is 0 Å². The minimum Gasteiger partial charge on any atom is -0.321 e. The van der Waals surface area contributed by atoms with Crippen molar-refractivity contribution in [2.45, 2.75) is 45.1 Å². The molecular weight excluding hydrogens is 266 g/mol. The predicted molar refractivity (Wildman–Crippen MR) is 82.5 cm³/mol.